The summed E-state index contributed by atoms with van der Waals surface area (Å²) < 4.78 is 17.7. The number of rotatable bonds is 7. The van der Waals surface area contributed by atoms with Gasteiger partial charge in [-0.1, -0.05) is 35.5 Å². The van der Waals surface area contributed by atoms with Crippen LogP contribution in [0.25, 0.3) is 23.0 Å². The van der Waals surface area contributed by atoms with Crippen LogP contribution in [0, 0.1) is 0 Å². The Morgan fingerprint density at radius 3 is 2.67 bits per heavy atom. The quantitative estimate of drug-likeness (QED) is 0.503. The number of benzene rings is 2. The lowest BCUT2D eigenvalue weighted by atomic mass is 10.2. The molecule has 0 fully saturated rings. The largest absolute Gasteiger partial charge is 0.497 e. The van der Waals surface area contributed by atoms with Gasteiger partial charge in [0, 0.05) is 17.8 Å². The Morgan fingerprint density at radius 2 is 1.90 bits per heavy atom. The van der Waals surface area contributed by atoms with Crippen molar-refractivity contribution in [2.75, 3.05) is 19.5 Å². The molecule has 0 aliphatic rings. The van der Waals surface area contributed by atoms with Gasteiger partial charge in [-0.25, -0.2) is 0 Å². The monoisotopic (exact) mass is 404 g/mol. The molecule has 2 aromatic heterocycles. The molecule has 8 nitrogen and oxygen atoms in total. The Labute approximate surface area is 173 Å². The van der Waals surface area contributed by atoms with Crippen molar-refractivity contribution in [1.82, 2.24) is 14.7 Å². The molecule has 2 aromatic carbocycles. The number of carbonyl (C=O) groups excluding carboxylic acids is 1. The van der Waals surface area contributed by atoms with E-state index in [1.807, 2.05) is 42.5 Å². The summed E-state index contributed by atoms with van der Waals surface area (Å²) >= 11 is 0. The number of anilines is 1. The van der Waals surface area contributed by atoms with Crippen LogP contribution < -0.4 is 14.8 Å². The number of amides is 1. The van der Waals surface area contributed by atoms with Crippen LogP contribution in [-0.2, 0) is 11.3 Å². The van der Waals surface area contributed by atoms with Gasteiger partial charge in [-0.3, -0.25) is 4.79 Å². The highest BCUT2D eigenvalue weighted by Gasteiger charge is 2.16. The van der Waals surface area contributed by atoms with Gasteiger partial charge < -0.3 is 23.9 Å². The number of methoxy groups -OCH3 is 2. The molecule has 1 amide bonds. The van der Waals surface area contributed by atoms with Crippen molar-refractivity contribution in [3.63, 3.8) is 0 Å². The highest BCUT2D eigenvalue weighted by atomic mass is 16.5. The zero-order valence-electron chi connectivity index (χ0n) is 16.5. The van der Waals surface area contributed by atoms with Crippen molar-refractivity contribution in [3.05, 3.63) is 66.9 Å². The molecule has 0 radical (unpaired) electrons. The minimum atomic E-state index is -0.234. The van der Waals surface area contributed by atoms with Crippen molar-refractivity contribution in [3.8, 4) is 34.5 Å². The number of nitrogens with zero attached hydrogens (tertiary/aromatic N) is 3. The standard InChI is InChI=1S/C22H20N4O4/c1-28-16-10-11-19(29-2)17(13-16)23-20(27)14-26-12-6-9-18(26)22-24-21(25-30-22)15-7-4-3-5-8-15/h3-13H,14H2,1-2H3,(H,23,27). The van der Waals surface area contributed by atoms with Crippen LogP contribution in [0.2, 0.25) is 0 Å². The van der Waals surface area contributed by atoms with Gasteiger partial charge in [-0.2, -0.15) is 4.98 Å². The number of nitrogens with one attached hydrogen (secondary N) is 1. The molecule has 0 unspecified atom stereocenters. The lowest BCUT2D eigenvalue weighted by Gasteiger charge is -2.12. The molecule has 30 heavy (non-hydrogen) atoms. The molecule has 0 bridgehead atoms. The molecule has 8 heteroatoms. The molecule has 1 N–H and O–H groups in total. The summed E-state index contributed by atoms with van der Waals surface area (Å²) in [5.74, 6) is 1.75. The van der Waals surface area contributed by atoms with Gasteiger partial charge in [0.25, 0.3) is 5.89 Å². The Balaban J connectivity index is 1.52. The second-order valence-corrected chi connectivity index (χ2v) is 6.42. The molecule has 0 aliphatic heterocycles. The van der Waals surface area contributed by atoms with Crippen LogP contribution in [0.3, 0.4) is 0 Å². The first-order valence-corrected chi connectivity index (χ1v) is 9.24. The third kappa shape index (κ3) is 4.02. The average Bonchev–Trinajstić information content (AvgIpc) is 3.43. The van der Waals surface area contributed by atoms with E-state index in [9.17, 15) is 4.79 Å². The zero-order chi connectivity index (χ0) is 20.9. The van der Waals surface area contributed by atoms with Gasteiger partial charge in [0.15, 0.2) is 0 Å². The topological polar surface area (TPSA) is 91.4 Å². The van der Waals surface area contributed by atoms with Crippen LogP contribution in [-0.4, -0.2) is 34.8 Å². The molecule has 0 aliphatic carbocycles. The lowest BCUT2D eigenvalue weighted by molar-refractivity contribution is -0.116. The minimum absolute atomic E-state index is 0.0613. The molecule has 152 valence electrons. The fourth-order valence-corrected chi connectivity index (χ4v) is 3.03. The highest BCUT2D eigenvalue weighted by molar-refractivity contribution is 5.92. The molecule has 4 aromatic rings. The van der Waals surface area contributed by atoms with E-state index >= 15 is 0 Å². The van der Waals surface area contributed by atoms with E-state index in [1.165, 1.54) is 0 Å². The Bertz CT molecular complexity index is 1150. The third-order valence-electron chi connectivity index (χ3n) is 4.50. The molecule has 4 rings (SSSR count). The smallest absolute Gasteiger partial charge is 0.274 e. The zero-order valence-corrected chi connectivity index (χ0v) is 16.5. The molecular formula is C22H20N4O4. The van der Waals surface area contributed by atoms with Crippen LogP contribution in [0.15, 0.2) is 71.4 Å². The molecule has 0 saturated carbocycles. The summed E-state index contributed by atoms with van der Waals surface area (Å²) in [6.45, 7) is 0.0613. The summed E-state index contributed by atoms with van der Waals surface area (Å²) in [6, 6.07) is 18.4. The summed E-state index contributed by atoms with van der Waals surface area (Å²) in [5, 5.41) is 6.89. The summed E-state index contributed by atoms with van der Waals surface area (Å²) in [5.41, 5.74) is 2.03. The summed E-state index contributed by atoms with van der Waals surface area (Å²) in [4.78, 5) is 17.1. The Kier molecular flexibility index (Phi) is 5.47. The van der Waals surface area contributed by atoms with Crippen molar-refractivity contribution < 1.29 is 18.8 Å². The molecule has 0 atom stereocenters. The van der Waals surface area contributed by atoms with E-state index in [0.717, 1.165) is 5.56 Å². The predicted molar refractivity (Wildman–Crippen MR) is 111 cm³/mol. The van der Waals surface area contributed by atoms with Gasteiger partial charge in [0.1, 0.15) is 23.7 Å². The fourth-order valence-electron chi connectivity index (χ4n) is 3.03. The molecule has 0 spiro atoms. The number of hydrogen-bond donors (Lipinski definition) is 1. The second-order valence-electron chi connectivity index (χ2n) is 6.42. The van der Waals surface area contributed by atoms with Crippen LogP contribution in [0.4, 0.5) is 5.69 Å². The molecule has 2 heterocycles. The number of carbonyl (C=O) groups is 1. The second kappa shape index (κ2) is 8.52. The van der Waals surface area contributed by atoms with E-state index < -0.39 is 0 Å². The average molecular weight is 404 g/mol. The first-order chi connectivity index (χ1) is 14.7. The van der Waals surface area contributed by atoms with Crippen LogP contribution >= 0.6 is 0 Å². The van der Waals surface area contributed by atoms with Crippen molar-refractivity contribution in [2.45, 2.75) is 6.54 Å². The number of ether oxygens (including phenoxy) is 2. The first kappa shape index (κ1) is 19.3. The van der Waals surface area contributed by atoms with Gasteiger partial charge in [-0.15, -0.1) is 0 Å². The van der Waals surface area contributed by atoms with Crippen molar-refractivity contribution in [1.29, 1.82) is 0 Å². The van der Waals surface area contributed by atoms with Gasteiger partial charge in [-0.05, 0) is 24.3 Å². The maximum atomic E-state index is 12.7. The normalized spacial score (nSPS) is 10.6. The Morgan fingerprint density at radius 1 is 1.07 bits per heavy atom. The molecule has 0 saturated heterocycles. The Hall–Kier alpha value is -4.07. The molecular weight excluding hydrogens is 384 g/mol. The minimum Gasteiger partial charge on any atom is -0.497 e. The summed E-state index contributed by atoms with van der Waals surface area (Å²) in [7, 11) is 3.11. The van der Waals surface area contributed by atoms with E-state index in [0.29, 0.717) is 34.6 Å². The number of aromatic nitrogens is 3. The van der Waals surface area contributed by atoms with Crippen LogP contribution in [0.1, 0.15) is 0 Å². The third-order valence-corrected chi connectivity index (χ3v) is 4.50. The lowest BCUT2D eigenvalue weighted by Crippen LogP contribution is -2.19. The van der Waals surface area contributed by atoms with Gasteiger partial charge in [0.2, 0.25) is 11.7 Å². The van der Waals surface area contributed by atoms with Gasteiger partial charge >= 0.3 is 0 Å². The maximum absolute atomic E-state index is 12.7. The summed E-state index contributed by atoms with van der Waals surface area (Å²) in [6.07, 6.45) is 1.78. The van der Waals surface area contributed by atoms with E-state index in [4.69, 9.17) is 14.0 Å². The number of hydrogen-bond acceptors (Lipinski definition) is 6. The van der Waals surface area contributed by atoms with E-state index in [-0.39, 0.29) is 12.5 Å². The van der Waals surface area contributed by atoms with Crippen LogP contribution in [0.5, 0.6) is 11.5 Å². The van der Waals surface area contributed by atoms with Gasteiger partial charge in [0.05, 0.1) is 19.9 Å². The first-order valence-electron chi connectivity index (χ1n) is 9.24. The maximum Gasteiger partial charge on any atom is 0.274 e. The predicted octanol–water partition coefficient (Wildman–Crippen LogP) is 3.86. The fraction of sp³-hybridized carbons (Fsp3) is 0.136. The van der Waals surface area contributed by atoms with E-state index in [2.05, 4.69) is 15.5 Å². The SMILES string of the molecule is COc1ccc(OC)c(NC(=O)Cn2cccc2-c2nc(-c3ccccc3)no2)c1. The highest BCUT2D eigenvalue weighted by Crippen LogP contribution is 2.29. The van der Waals surface area contributed by atoms with Crippen molar-refractivity contribution in [2.24, 2.45) is 0 Å². The van der Waals surface area contributed by atoms with Crippen molar-refractivity contribution >= 4 is 11.6 Å². The van der Waals surface area contributed by atoms with E-state index in [1.54, 1.807) is 43.2 Å².